The quantitative estimate of drug-likeness (QED) is 0.459. The molecule has 0 saturated carbocycles. The molecule has 0 aliphatic heterocycles. The first-order valence-electron chi connectivity index (χ1n) is 8.05. The summed E-state index contributed by atoms with van der Waals surface area (Å²) in [6.07, 6.45) is 11.6. The van der Waals surface area contributed by atoms with E-state index in [0.717, 1.165) is 13.2 Å². The summed E-state index contributed by atoms with van der Waals surface area (Å²) in [5.74, 6) is 0. The number of hydrogen-bond donors (Lipinski definition) is 0. The molecule has 0 aliphatic carbocycles. The summed E-state index contributed by atoms with van der Waals surface area (Å²) in [5.41, 5.74) is 1.47. The highest BCUT2D eigenvalue weighted by Gasteiger charge is 1.94. The average Bonchev–Trinajstić information content (AvgIpc) is 2.46. The molecule has 0 spiro atoms. The molecule has 0 bridgehead atoms. The third kappa shape index (κ3) is 9.72. The van der Waals surface area contributed by atoms with Gasteiger partial charge in [0.15, 0.2) is 0 Å². The van der Waals surface area contributed by atoms with Gasteiger partial charge < -0.3 is 4.74 Å². The fourth-order valence-corrected chi connectivity index (χ4v) is 2.26. The van der Waals surface area contributed by atoms with Crippen LogP contribution in [0, 0.1) is 0 Å². The highest BCUT2D eigenvalue weighted by molar-refractivity contribution is 5.14. The highest BCUT2D eigenvalue weighted by atomic mass is 16.5. The Bertz CT molecular complexity index is 281. The van der Waals surface area contributed by atoms with Crippen LogP contribution in [0.1, 0.15) is 63.9 Å². The predicted molar refractivity (Wildman–Crippen MR) is 83.6 cm³/mol. The normalized spacial score (nSPS) is 10.8. The van der Waals surface area contributed by atoms with Crippen LogP contribution >= 0.6 is 0 Å². The van der Waals surface area contributed by atoms with Crippen molar-refractivity contribution in [3.63, 3.8) is 0 Å². The second-order valence-corrected chi connectivity index (χ2v) is 5.32. The van der Waals surface area contributed by atoms with Crippen molar-refractivity contribution in [2.45, 2.75) is 64.7 Å². The van der Waals surface area contributed by atoms with E-state index in [-0.39, 0.29) is 0 Å². The SMILES string of the molecule is CCCCCCOCCCCCCc1ccccc1. The Labute approximate surface area is 119 Å². The smallest absolute Gasteiger partial charge is 0.0466 e. The Morgan fingerprint density at radius 3 is 2.05 bits per heavy atom. The zero-order valence-electron chi connectivity index (χ0n) is 12.6. The first-order valence-corrected chi connectivity index (χ1v) is 8.05. The molecule has 0 unspecified atom stereocenters. The summed E-state index contributed by atoms with van der Waals surface area (Å²) in [6, 6.07) is 10.8. The number of benzene rings is 1. The molecule has 0 heterocycles. The van der Waals surface area contributed by atoms with Gasteiger partial charge >= 0.3 is 0 Å². The monoisotopic (exact) mass is 262 g/mol. The van der Waals surface area contributed by atoms with Crippen LogP contribution in [0.2, 0.25) is 0 Å². The van der Waals surface area contributed by atoms with Gasteiger partial charge in [-0.1, -0.05) is 69.4 Å². The lowest BCUT2D eigenvalue weighted by Gasteiger charge is -2.04. The second kappa shape index (κ2) is 12.2. The van der Waals surface area contributed by atoms with Gasteiger partial charge in [0.25, 0.3) is 0 Å². The molecule has 0 atom stereocenters. The van der Waals surface area contributed by atoms with E-state index in [1.54, 1.807) is 0 Å². The van der Waals surface area contributed by atoms with E-state index in [2.05, 4.69) is 37.3 Å². The summed E-state index contributed by atoms with van der Waals surface area (Å²) in [4.78, 5) is 0. The van der Waals surface area contributed by atoms with Crippen molar-refractivity contribution in [3.05, 3.63) is 35.9 Å². The lowest BCUT2D eigenvalue weighted by molar-refractivity contribution is 0.126. The van der Waals surface area contributed by atoms with E-state index in [9.17, 15) is 0 Å². The summed E-state index contributed by atoms with van der Waals surface area (Å²) < 4.78 is 5.65. The van der Waals surface area contributed by atoms with Crippen LogP contribution in [0.5, 0.6) is 0 Å². The minimum Gasteiger partial charge on any atom is -0.381 e. The van der Waals surface area contributed by atoms with Crippen LogP contribution in [0.3, 0.4) is 0 Å². The van der Waals surface area contributed by atoms with Gasteiger partial charge in [-0.2, -0.15) is 0 Å². The molecule has 1 aromatic carbocycles. The van der Waals surface area contributed by atoms with E-state index in [4.69, 9.17) is 4.74 Å². The Morgan fingerprint density at radius 2 is 1.37 bits per heavy atom. The van der Waals surface area contributed by atoms with Gasteiger partial charge in [-0.25, -0.2) is 0 Å². The van der Waals surface area contributed by atoms with Gasteiger partial charge in [0.2, 0.25) is 0 Å². The minimum atomic E-state index is 0.956. The number of hydrogen-bond acceptors (Lipinski definition) is 1. The van der Waals surface area contributed by atoms with Gasteiger partial charge in [0.05, 0.1) is 0 Å². The van der Waals surface area contributed by atoms with E-state index in [0.29, 0.717) is 0 Å². The average molecular weight is 262 g/mol. The van der Waals surface area contributed by atoms with E-state index >= 15 is 0 Å². The maximum Gasteiger partial charge on any atom is 0.0466 e. The maximum absolute atomic E-state index is 5.65. The van der Waals surface area contributed by atoms with Gasteiger partial charge in [0.1, 0.15) is 0 Å². The molecule has 1 aromatic rings. The Hall–Kier alpha value is -0.820. The van der Waals surface area contributed by atoms with Crippen molar-refractivity contribution >= 4 is 0 Å². The lowest BCUT2D eigenvalue weighted by Crippen LogP contribution is -1.97. The summed E-state index contributed by atoms with van der Waals surface area (Å²) in [5, 5.41) is 0. The van der Waals surface area contributed by atoms with Crippen LogP contribution < -0.4 is 0 Å². The Balaban J connectivity index is 1.79. The van der Waals surface area contributed by atoms with Crippen LogP contribution in [0.25, 0.3) is 0 Å². The second-order valence-electron chi connectivity index (χ2n) is 5.32. The largest absolute Gasteiger partial charge is 0.381 e. The number of aryl methyl sites for hydroxylation is 1. The molecular weight excluding hydrogens is 232 g/mol. The molecule has 0 aliphatic rings. The molecule has 1 heteroatoms. The Morgan fingerprint density at radius 1 is 0.737 bits per heavy atom. The molecule has 1 rings (SSSR count). The van der Waals surface area contributed by atoms with Gasteiger partial charge in [-0.3, -0.25) is 0 Å². The first kappa shape index (κ1) is 16.2. The molecule has 0 aromatic heterocycles. The molecule has 0 amide bonds. The third-order valence-electron chi connectivity index (χ3n) is 3.49. The number of ether oxygens (including phenoxy) is 1. The van der Waals surface area contributed by atoms with Gasteiger partial charge in [-0.05, 0) is 31.2 Å². The van der Waals surface area contributed by atoms with Crippen LogP contribution in [0.15, 0.2) is 30.3 Å². The van der Waals surface area contributed by atoms with Crippen LogP contribution in [-0.2, 0) is 11.2 Å². The van der Waals surface area contributed by atoms with Gasteiger partial charge in [0, 0.05) is 13.2 Å². The molecular formula is C18H30O. The van der Waals surface area contributed by atoms with E-state index in [1.165, 1.54) is 63.4 Å². The maximum atomic E-state index is 5.65. The van der Waals surface area contributed by atoms with Crippen molar-refractivity contribution in [2.75, 3.05) is 13.2 Å². The standard InChI is InChI=1S/C18H30O/c1-2-3-4-11-16-19-17-12-6-5-8-13-18-14-9-7-10-15-18/h7,9-10,14-15H,2-6,8,11-13,16-17H2,1H3. The lowest BCUT2D eigenvalue weighted by atomic mass is 10.1. The van der Waals surface area contributed by atoms with E-state index < -0.39 is 0 Å². The van der Waals surface area contributed by atoms with Gasteiger partial charge in [-0.15, -0.1) is 0 Å². The zero-order chi connectivity index (χ0) is 13.6. The van der Waals surface area contributed by atoms with E-state index in [1.807, 2.05) is 0 Å². The number of unbranched alkanes of at least 4 members (excludes halogenated alkanes) is 6. The van der Waals surface area contributed by atoms with Crippen molar-refractivity contribution in [2.24, 2.45) is 0 Å². The molecule has 0 fully saturated rings. The first-order chi connectivity index (χ1) is 9.43. The van der Waals surface area contributed by atoms with Crippen molar-refractivity contribution in [1.82, 2.24) is 0 Å². The highest BCUT2D eigenvalue weighted by Crippen LogP contribution is 2.07. The van der Waals surface area contributed by atoms with Crippen molar-refractivity contribution in [1.29, 1.82) is 0 Å². The van der Waals surface area contributed by atoms with Crippen LogP contribution in [-0.4, -0.2) is 13.2 Å². The van der Waals surface area contributed by atoms with Crippen molar-refractivity contribution in [3.8, 4) is 0 Å². The number of rotatable bonds is 12. The summed E-state index contributed by atoms with van der Waals surface area (Å²) in [6.45, 7) is 4.16. The minimum absolute atomic E-state index is 0.956. The fourth-order valence-electron chi connectivity index (χ4n) is 2.26. The zero-order valence-corrected chi connectivity index (χ0v) is 12.6. The summed E-state index contributed by atoms with van der Waals surface area (Å²) >= 11 is 0. The molecule has 19 heavy (non-hydrogen) atoms. The summed E-state index contributed by atoms with van der Waals surface area (Å²) in [7, 11) is 0. The molecule has 0 radical (unpaired) electrons. The molecule has 1 nitrogen and oxygen atoms in total. The molecule has 108 valence electrons. The Kier molecular flexibility index (Phi) is 10.4. The van der Waals surface area contributed by atoms with Crippen molar-refractivity contribution < 1.29 is 4.74 Å². The van der Waals surface area contributed by atoms with Crippen LogP contribution in [0.4, 0.5) is 0 Å². The fraction of sp³-hybridized carbons (Fsp3) is 0.667. The third-order valence-corrected chi connectivity index (χ3v) is 3.49. The predicted octanol–water partition coefficient (Wildman–Crippen LogP) is 5.39. The molecule has 0 N–H and O–H groups in total. The topological polar surface area (TPSA) is 9.23 Å². The molecule has 0 saturated heterocycles.